The summed E-state index contributed by atoms with van der Waals surface area (Å²) in [7, 11) is 0. The van der Waals surface area contributed by atoms with Gasteiger partial charge >= 0.3 is 0 Å². The maximum Gasteiger partial charge on any atom is 0.0624 e. The summed E-state index contributed by atoms with van der Waals surface area (Å²) >= 11 is 0. The van der Waals surface area contributed by atoms with E-state index in [-0.39, 0.29) is 6.04 Å². The van der Waals surface area contributed by atoms with E-state index in [0.717, 1.165) is 37.9 Å². The molecule has 0 aromatic carbocycles. The normalized spacial score (nSPS) is 12.6. The monoisotopic (exact) mass is 272 g/mol. The van der Waals surface area contributed by atoms with Crippen molar-refractivity contribution in [3.63, 3.8) is 0 Å². The van der Waals surface area contributed by atoms with Crippen LogP contribution >= 0.6 is 0 Å². The Bertz CT molecular complexity index is 519. The Kier molecular flexibility index (Phi) is 5.30. The number of hydrogen-bond donors (Lipinski definition) is 1. The lowest BCUT2D eigenvalue weighted by Crippen LogP contribution is -2.25. The Morgan fingerprint density at radius 1 is 1.25 bits per heavy atom. The van der Waals surface area contributed by atoms with Crippen molar-refractivity contribution in [1.29, 1.82) is 0 Å². The Labute approximate surface area is 121 Å². The van der Waals surface area contributed by atoms with E-state index in [4.69, 9.17) is 5.73 Å². The molecule has 2 aromatic heterocycles. The van der Waals surface area contributed by atoms with Crippen molar-refractivity contribution in [1.82, 2.24) is 14.8 Å². The molecule has 0 saturated heterocycles. The summed E-state index contributed by atoms with van der Waals surface area (Å²) < 4.78 is 2.07. The fourth-order valence-corrected chi connectivity index (χ4v) is 2.40. The van der Waals surface area contributed by atoms with Gasteiger partial charge in [-0.05, 0) is 49.9 Å². The van der Waals surface area contributed by atoms with Crippen LogP contribution < -0.4 is 5.73 Å². The van der Waals surface area contributed by atoms with Crippen LogP contribution in [0.5, 0.6) is 0 Å². The molecule has 1 unspecified atom stereocenters. The van der Waals surface area contributed by atoms with Crippen LogP contribution in [0, 0.1) is 0 Å². The molecule has 0 radical (unpaired) electrons. The molecule has 0 aliphatic heterocycles. The molecular formula is C16H24N4. The van der Waals surface area contributed by atoms with Crippen molar-refractivity contribution in [2.45, 2.75) is 52.1 Å². The highest BCUT2D eigenvalue weighted by atomic mass is 15.3. The number of aryl methyl sites for hydroxylation is 3. The smallest absolute Gasteiger partial charge is 0.0624 e. The Hall–Kier alpha value is -1.68. The maximum absolute atomic E-state index is 6.27. The minimum Gasteiger partial charge on any atom is -0.327 e. The molecule has 0 spiro atoms. The van der Waals surface area contributed by atoms with Gasteiger partial charge in [-0.15, -0.1) is 0 Å². The highest BCUT2D eigenvalue weighted by Gasteiger charge is 2.10. The molecule has 108 valence electrons. The van der Waals surface area contributed by atoms with Crippen molar-refractivity contribution < 1.29 is 0 Å². The van der Waals surface area contributed by atoms with Crippen molar-refractivity contribution in [2.75, 3.05) is 0 Å². The van der Waals surface area contributed by atoms with Gasteiger partial charge < -0.3 is 5.73 Å². The number of nitrogens with zero attached hydrogens (tertiary/aromatic N) is 3. The van der Waals surface area contributed by atoms with E-state index in [1.165, 1.54) is 11.3 Å². The number of rotatable bonds is 7. The van der Waals surface area contributed by atoms with E-state index in [1.54, 1.807) is 0 Å². The van der Waals surface area contributed by atoms with Crippen LogP contribution in [0.25, 0.3) is 0 Å². The summed E-state index contributed by atoms with van der Waals surface area (Å²) in [5, 5.41) is 4.57. The van der Waals surface area contributed by atoms with Gasteiger partial charge in [0.2, 0.25) is 0 Å². The first-order valence-corrected chi connectivity index (χ1v) is 7.43. The average molecular weight is 272 g/mol. The minimum atomic E-state index is 0.176. The molecule has 4 heteroatoms. The number of nitrogens with two attached hydrogens (primary N) is 1. The van der Waals surface area contributed by atoms with E-state index in [9.17, 15) is 0 Å². The Morgan fingerprint density at radius 3 is 2.65 bits per heavy atom. The topological polar surface area (TPSA) is 56.7 Å². The van der Waals surface area contributed by atoms with Crippen LogP contribution in [-0.4, -0.2) is 20.8 Å². The first kappa shape index (κ1) is 14.7. The largest absolute Gasteiger partial charge is 0.327 e. The Morgan fingerprint density at radius 2 is 2.00 bits per heavy atom. The third-order valence-corrected chi connectivity index (χ3v) is 3.60. The van der Waals surface area contributed by atoms with Gasteiger partial charge in [-0.25, -0.2) is 0 Å². The van der Waals surface area contributed by atoms with Crippen molar-refractivity contribution in [3.05, 3.63) is 47.5 Å². The lowest BCUT2D eigenvalue weighted by atomic mass is 10.0. The lowest BCUT2D eigenvalue weighted by Gasteiger charge is -2.12. The number of aromatic nitrogens is 3. The van der Waals surface area contributed by atoms with Gasteiger partial charge in [0.15, 0.2) is 0 Å². The van der Waals surface area contributed by atoms with E-state index >= 15 is 0 Å². The Balaban J connectivity index is 1.91. The molecule has 20 heavy (non-hydrogen) atoms. The van der Waals surface area contributed by atoms with Gasteiger partial charge in [0.05, 0.1) is 5.69 Å². The summed E-state index contributed by atoms with van der Waals surface area (Å²) in [6.07, 6.45) is 7.53. The zero-order chi connectivity index (χ0) is 14.4. The second-order valence-electron chi connectivity index (χ2n) is 5.15. The zero-order valence-electron chi connectivity index (χ0n) is 12.4. The zero-order valence-corrected chi connectivity index (χ0v) is 12.4. The van der Waals surface area contributed by atoms with Gasteiger partial charge in [0.25, 0.3) is 0 Å². The van der Waals surface area contributed by atoms with Gasteiger partial charge in [-0.2, -0.15) is 5.10 Å². The fraction of sp³-hybridized carbons (Fsp3) is 0.500. The third-order valence-electron chi connectivity index (χ3n) is 3.60. The van der Waals surface area contributed by atoms with Crippen LogP contribution in [0.2, 0.25) is 0 Å². The van der Waals surface area contributed by atoms with Gasteiger partial charge in [-0.1, -0.05) is 6.92 Å². The molecule has 4 nitrogen and oxygen atoms in total. The molecule has 2 N–H and O–H groups in total. The van der Waals surface area contributed by atoms with Crippen LogP contribution in [0.3, 0.4) is 0 Å². The van der Waals surface area contributed by atoms with Crippen molar-refractivity contribution in [3.8, 4) is 0 Å². The molecule has 0 bridgehead atoms. The predicted octanol–water partition coefficient (Wildman–Crippen LogP) is 2.36. The third kappa shape index (κ3) is 3.90. The quantitative estimate of drug-likeness (QED) is 0.842. The van der Waals surface area contributed by atoms with Crippen molar-refractivity contribution in [2.24, 2.45) is 5.73 Å². The molecule has 2 heterocycles. The van der Waals surface area contributed by atoms with E-state index in [0.29, 0.717) is 0 Å². The number of pyridine rings is 1. The average Bonchev–Trinajstić information content (AvgIpc) is 2.88. The van der Waals surface area contributed by atoms with Gasteiger partial charge in [0, 0.05) is 37.1 Å². The second kappa shape index (κ2) is 7.20. The fourth-order valence-electron chi connectivity index (χ4n) is 2.40. The molecular weight excluding hydrogens is 248 g/mol. The second-order valence-corrected chi connectivity index (χ2v) is 5.15. The SMILES string of the molecule is CCc1cc(CC(N)CCc2ccncc2)n(CC)n1. The van der Waals surface area contributed by atoms with E-state index in [2.05, 4.69) is 46.8 Å². The molecule has 1 atom stereocenters. The van der Waals surface area contributed by atoms with Crippen LogP contribution in [0.4, 0.5) is 0 Å². The maximum atomic E-state index is 6.27. The van der Waals surface area contributed by atoms with Crippen molar-refractivity contribution >= 4 is 0 Å². The van der Waals surface area contributed by atoms with Gasteiger partial charge in [-0.3, -0.25) is 9.67 Å². The van der Waals surface area contributed by atoms with Crippen LogP contribution in [0.1, 0.15) is 37.2 Å². The number of hydrogen-bond acceptors (Lipinski definition) is 3. The first-order valence-electron chi connectivity index (χ1n) is 7.43. The molecule has 0 aliphatic rings. The summed E-state index contributed by atoms with van der Waals surface area (Å²) in [6, 6.07) is 6.47. The summed E-state index contributed by atoms with van der Waals surface area (Å²) in [4.78, 5) is 4.03. The van der Waals surface area contributed by atoms with Crippen LogP contribution in [0.15, 0.2) is 30.6 Å². The first-order chi connectivity index (χ1) is 9.72. The molecule has 0 amide bonds. The van der Waals surface area contributed by atoms with Crippen LogP contribution in [-0.2, 0) is 25.8 Å². The molecule has 2 rings (SSSR count). The lowest BCUT2D eigenvalue weighted by molar-refractivity contribution is 0.553. The minimum absolute atomic E-state index is 0.176. The summed E-state index contributed by atoms with van der Waals surface area (Å²) in [5.41, 5.74) is 9.98. The van der Waals surface area contributed by atoms with E-state index in [1.807, 2.05) is 12.4 Å². The van der Waals surface area contributed by atoms with E-state index < -0.39 is 0 Å². The molecule has 2 aromatic rings. The van der Waals surface area contributed by atoms with Gasteiger partial charge in [0.1, 0.15) is 0 Å². The predicted molar refractivity (Wildman–Crippen MR) is 81.5 cm³/mol. The standard InChI is InChI=1S/C16H24N4/c1-3-15-12-16(20(4-2)19-15)11-14(17)6-5-13-7-9-18-10-8-13/h7-10,12,14H,3-6,11,17H2,1-2H3. The summed E-state index contributed by atoms with van der Waals surface area (Å²) in [6.45, 7) is 5.17. The molecule has 0 saturated carbocycles. The molecule has 0 aliphatic carbocycles. The molecule has 0 fully saturated rings. The summed E-state index contributed by atoms with van der Waals surface area (Å²) in [5.74, 6) is 0. The highest BCUT2D eigenvalue weighted by Crippen LogP contribution is 2.11. The highest BCUT2D eigenvalue weighted by molar-refractivity contribution is 5.13.